The number of carbonyl (C=O) groups excluding carboxylic acids is 1. The van der Waals surface area contributed by atoms with E-state index >= 15 is 0 Å². The number of nitrogens with zero attached hydrogens (tertiary/aromatic N) is 1. The van der Waals surface area contributed by atoms with Crippen molar-refractivity contribution in [1.29, 1.82) is 0 Å². The van der Waals surface area contributed by atoms with Gasteiger partial charge < -0.3 is 10.6 Å². The SMILES string of the molecule is CC(CC(=O)N1CCC(C)(CN)C1)C(C)(C)C.Cl. The maximum Gasteiger partial charge on any atom is 0.222 e. The van der Waals surface area contributed by atoms with E-state index in [0.717, 1.165) is 19.5 Å². The van der Waals surface area contributed by atoms with Crippen molar-refractivity contribution in [2.24, 2.45) is 22.5 Å². The lowest BCUT2D eigenvalue weighted by molar-refractivity contribution is -0.132. The quantitative estimate of drug-likeness (QED) is 0.861. The fourth-order valence-corrected chi connectivity index (χ4v) is 2.10. The summed E-state index contributed by atoms with van der Waals surface area (Å²) in [6, 6.07) is 0. The van der Waals surface area contributed by atoms with Crippen molar-refractivity contribution >= 4 is 18.3 Å². The van der Waals surface area contributed by atoms with Gasteiger partial charge in [0.1, 0.15) is 0 Å². The third kappa shape index (κ3) is 4.43. The lowest BCUT2D eigenvalue weighted by atomic mass is 9.80. The first-order chi connectivity index (χ1) is 7.68. The smallest absolute Gasteiger partial charge is 0.222 e. The van der Waals surface area contributed by atoms with E-state index in [4.69, 9.17) is 5.73 Å². The van der Waals surface area contributed by atoms with Gasteiger partial charge in [0.25, 0.3) is 0 Å². The minimum absolute atomic E-state index is 0. The number of hydrogen-bond donors (Lipinski definition) is 1. The van der Waals surface area contributed by atoms with Crippen LogP contribution in [0.15, 0.2) is 0 Å². The normalized spacial score (nSPS) is 25.8. The van der Waals surface area contributed by atoms with Gasteiger partial charge in [-0.15, -0.1) is 12.4 Å². The number of nitrogens with two attached hydrogens (primary N) is 1. The van der Waals surface area contributed by atoms with Gasteiger partial charge in [-0.3, -0.25) is 4.79 Å². The van der Waals surface area contributed by atoms with Crippen LogP contribution < -0.4 is 5.73 Å². The third-order valence-corrected chi connectivity index (χ3v) is 4.36. The number of amides is 1. The Bertz CT molecular complexity index is 288. The van der Waals surface area contributed by atoms with Crippen LogP contribution in [-0.2, 0) is 4.79 Å². The van der Waals surface area contributed by atoms with Gasteiger partial charge in [-0.2, -0.15) is 0 Å². The van der Waals surface area contributed by atoms with Crippen LogP contribution in [0.25, 0.3) is 0 Å². The standard InChI is InChI=1S/C14H28N2O.ClH/c1-11(13(2,3)4)8-12(17)16-7-6-14(5,9-15)10-16;/h11H,6-10,15H2,1-5H3;1H. The Balaban J connectivity index is 0.00000289. The second kappa shape index (κ2) is 6.25. The second-order valence-corrected chi connectivity index (χ2v) is 7.05. The first-order valence-electron chi connectivity index (χ1n) is 6.66. The first-order valence-corrected chi connectivity index (χ1v) is 6.66. The van der Waals surface area contributed by atoms with Gasteiger partial charge >= 0.3 is 0 Å². The molecule has 1 aliphatic rings. The van der Waals surface area contributed by atoms with Crippen molar-refractivity contribution in [1.82, 2.24) is 4.90 Å². The molecule has 0 bridgehead atoms. The molecule has 0 aromatic carbocycles. The Labute approximate surface area is 118 Å². The van der Waals surface area contributed by atoms with Crippen LogP contribution in [0.3, 0.4) is 0 Å². The Morgan fingerprint density at radius 3 is 2.39 bits per heavy atom. The average molecular weight is 277 g/mol. The van der Waals surface area contributed by atoms with Crippen LogP contribution in [0.2, 0.25) is 0 Å². The zero-order chi connectivity index (χ0) is 13.3. The molecule has 0 spiro atoms. The third-order valence-electron chi connectivity index (χ3n) is 4.36. The van der Waals surface area contributed by atoms with Crippen LogP contribution >= 0.6 is 12.4 Å². The molecule has 3 nitrogen and oxygen atoms in total. The van der Waals surface area contributed by atoms with Gasteiger partial charge in [0.15, 0.2) is 0 Å². The first kappa shape index (κ1) is 17.7. The van der Waals surface area contributed by atoms with E-state index in [2.05, 4.69) is 34.6 Å². The van der Waals surface area contributed by atoms with E-state index in [-0.39, 0.29) is 23.2 Å². The molecule has 0 aromatic rings. The fraction of sp³-hybridized carbons (Fsp3) is 0.929. The molecular formula is C14H29ClN2O. The Morgan fingerprint density at radius 2 is 2.00 bits per heavy atom. The highest BCUT2D eigenvalue weighted by Crippen LogP contribution is 2.32. The summed E-state index contributed by atoms with van der Waals surface area (Å²) >= 11 is 0. The molecule has 1 heterocycles. The summed E-state index contributed by atoms with van der Waals surface area (Å²) in [6.07, 6.45) is 1.70. The lowest BCUT2D eigenvalue weighted by Gasteiger charge is -2.29. The van der Waals surface area contributed by atoms with E-state index in [1.807, 2.05) is 4.90 Å². The van der Waals surface area contributed by atoms with Crippen molar-refractivity contribution < 1.29 is 4.79 Å². The topological polar surface area (TPSA) is 46.3 Å². The molecule has 2 unspecified atom stereocenters. The molecular weight excluding hydrogens is 248 g/mol. The molecule has 2 N–H and O–H groups in total. The Hall–Kier alpha value is -0.280. The van der Waals surface area contributed by atoms with Gasteiger partial charge in [0.05, 0.1) is 0 Å². The minimum atomic E-state index is 0. The molecule has 1 rings (SSSR count). The average Bonchev–Trinajstić information content (AvgIpc) is 2.60. The van der Waals surface area contributed by atoms with Gasteiger partial charge in [-0.05, 0) is 29.7 Å². The maximum absolute atomic E-state index is 12.2. The Morgan fingerprint density at radius 1 is 1.44 bits per heavy atom. The highest BCUT2D eigenvalue weighted by molar-refractivity contribution is 5.85. The summed E-state index contributed by atoms with van der Waals surface area (Å²) in [5, 5.41) is 0. The fourth-order valence-electron chi connectivity index (χ4n) is 2.10. The van der Waals surface area contributed by atoms with Gasteiger partial charge in [-0.1, -0.05) is 34.6 Å². The van der Waals surface area contributed by atoms with Crippen LogP contribution in [0.1, 0.15) is 47.5 Å². The number of halogens is 1. The number of hydrogen-bond acceptors (Lipinski definition) is 2. The highest BCUT2D eigenvalue weighted by atomic mass is 35.5. The van der Waals surface area contributed by atoms with Crippen LogP contribution in [0.5, 0.6) is 0 Å². The summed E-state index contributed by atoms with van der Waals surface area (Å²) in [5.74, 6) is 0.712. The minimum Gasteiger partial charge on any atom is -0.342 e. The largest absolute Gasteiger partial charge is 0.342 e. The molecule has 0 saturated carbocycles. The summed E-state index contributed by atoms with van der Waals surface area (Å²) in [4.78, 5) is 14.2. The monoisotopic (exact) mass is 276 g/mol. The molecule has 1 saturated heterocycles. The van der Waals surface area contributed by atoms with E-state index in [0.29, 0.717) is 24.8 Å². The van der Waals surface area contributed by atoms with Crippen molar-refractivity contribution in [2.75, 3.05) is 19.6 Å². The highest BCUT2D eigenvalue weighted by Gasteiger charge is 2.35. The molecule has 2 atom stereocenters. The molecule has 0 radical (unpaired) electrons. The maximum atomic E-state index is 12.2. The van der Waals surface area contributed by atoms with Crippen molar-refractivity contribution in [3.05, 3.63) is 0 Å². The predicted molar refractivity (Wildman–Crippen MR) is 78.8 cm³/mol. The molecule has 1 amide bonds. The van der Waals surface area contributed by atoms with Crippen molar-refractivity contribution in [3.8, 4) is 0 Å². The van der Waals surface area contributed by atoms with Crippen LogP contribution in [-0.4, -0.2) is 30.4 Å². The van der Waals surface area contributed by atoms with E-state index in [1.54, 1.807) is 0 Å². The van der Waals surface area contributed by atoms with Crippen LogP contribution in [0, 0.1) is 16.7 Å². The zero-order valence-electron chi connectivity index (χ0n) is 12.5. The molecule has 18 heavy (non-hydrogen) atoms. The van der Waals surface area contributed by atoms with E-state index < -0.39 is 0 Å². The molecule has 108 valence electrons. The second-order valence-electron chi connectivity index (χ2n) is 7.05. The van der Waals surface area contributed by atoms with Crippen molar-refractivity contribution in [2.45, 2.75) is 47.5 Å². The summed E-state index contributed by atoms with van der Waals surface area (Å²) in [6.45, 7) is 13.3. The molecule has 1 aliphatic heterocycles. The zero-order valence-corrected chi connectivity index (χ0v) is 13.3. The van der Waals surface area contributed by atoms with Gasteiger partial charge in [0, 0.05) is 19.5 Å². The number of rotatable bonds is 3. The molecule has 1 fully saturated rings. The number of carbonyl (C=O) groups is 1. The summed E-state index contributed by atoms with van der Waals surface area (Å²) in [5.41, 5.74) is 6.10. The van der Waals surface area contributed by atoms with E-state index in [9.17, 15) is 4.79 Å². The Kier molecular flexibility index (Phi) is 6.15. The summed E-state index contributed by atoms with van der Waals surface area (Å²) < 4.78 is 0. The molecule has 0 aliphatic carbocycles. The molecule has 0 aromatic heterocycles. The van der Waals surface area contributed by atoms with E-state index in [1.165, 1.54) is 0 Å². The van der Waals surface area contributed by atoms with Gasteiger partial charge in [0.2, 0.25) is 5.91 Å². The predicted octanol–water partition coefficient (Wildman–Crippen LogP) is 2.68. The van der Waals surface area contributed by atoms with Crippen LogP contribution in [0.4, 0.5) is 0 Å². The van der Waals surface area contributed by atoms with Gasteiger partial charge in [-0.25, -0.2) is 0 Å². The lowest BCUT2D eigenvalue weighted by Crippen LogP contribution is -2.36. The summed E-state index contributed by atoms with van der Waals surface area (Å²) in [7, 11) is 0. The van der Waals surface area contributed by atoms with Crippen molar-refractivity contribution in [3.63, 3.8) is 0 Å². The molecule has 4 heteroatoms. The number of likely N-dealkylation sites (tertiary alicyclic amines) is 1.